The number of carbonyl (C=O) groups is 1. The molecule has 1 aliphatic rings. The first-order valence-electron chi connectivity index (χ1n) is 12.7. The minimum absolute atomic E-state index is 0.167. The zero-order chi connectivity index (χ0) is 26.3. The number of nitrogens with one attached hydrogen (secondary N) is 2. The van der Waals surface area contributed by atoms with Crippen LogP contribution < -0.4 is 24.8 Å². The van der Waals surface area contributed by atoms with Gasteiger partial charge in [0.15, 0.2) is 11.5 Å². The maximum absolute atomic E-state index is 12.6. The summed E-state index contributed by atoms with van der Waals surface area (Å²) in [6.07, 6.45) is 3.56. The molecule has 0 saturated carbocycles. The van der Waals surface area contributed by atoms with Crippen molar-refractivity contribution < 1.29 is 19.0 Å². The summed E-state index contributed by atoms with van der Waals surface area (Å²) in [5.74, 6) is 2.50. The van der Waals surface area contributed by atoms with Gasteiger partial charge in [-0.05, 0) is 54.8 Å². The fraction of sp³-hybridized carbons (Fsp3) is 0.267. The van der Waals surface area contributed by atoms with Crippen LogP contribution in [0.4, 0.5) is 10.5 Å². The second kappa shape index (κ2) is 11.8. The highest BCUT2D eigenvalue weighted by Crippen LogP contribution is 2.37. The van der Waals surface area contributed by atoms with E-state index in [1.165, 1.54) is 5.56 Å². The van der Waals surface area contributed by atoms with Gasteiger partial charge in [0.1, 0.15) is 11.5 Å². The molecule has 1 fully saturated rings. The van der Waals surface area contributed by atoms with Gasteiger partial charge in [-0.15, -0.1) is 0 Å². The Hall–Kier alpha value is -4.30. The first-order valence-corrected chi connectivity index (χ1v) is 12.7. The average Bonchev–Trinajstić information content (AvgIpc) is 2.95. The highest BCUT2D eigenvalue weighted by molar-refractivity contribution is 5.90. The molecule has 38 heavy (non-hydrogen) atoms. The highest BCUT2D eigenvalue weighted by atomic mass is 16.5. The molecule has 1 aliphatic heterocycles. The molecule has 5 rings (SSSR count). The normalized spacial score (nSPS) is 14.2. The van der Waals surface area contributed by atoms with Crippen LogP contribution in [0.15, 0.2) is 79.0 Å². The molecule has 2 heterocycles. The summed E-state index contributed by atoms with van der Waals surface area (Å²) >= 11 is 0. The van der Waals surface area contributed by atoms with Gasteiger partial charge in [0.25, 0.3) is 0 Å². The molecule has 0 atom stereocenters. The number of nitrogens with zero attached hydrogens (tertiary/aromatic N) is 2. The number of fused-ring (bicyclic) bond motifs is 1. The topological polar surface area (TPSA) is 85.0 Å². The van der Waals surface area contributed by atoms with E-state index in [-0.39, 0.29) is 12.1 Å². The number of likely N-dealkylation sites (tertiary alicyclic amines) is 1. The van der Waals surface area contributed by atoms with Gasteiger partial charge in [0, 0.05) is 49.0 Å². The Morgan fingerprint density at radius 1 is 0.921 bits per heavy atom. The van der Waals surface area contributed by atoms with Crippen LogP contribution in [0.25, 0.3) is 10.9 Å². The number of methoxy groups -OCH3 is 2. The van der Waals surface area contributed by atoms with Crippen LogP contribution in [0, 0.1) is 0 Å². The Labute approximate surface area is 222 Å². The fourth-order valence-electron chi connectivity index (χ4n) is 4.70. The Kier molecular flexibility index (Phi) is 7.89. The Morgan fingerprint density at radius 3 is 2.34 bits per heavy atom. The number of amides is 2. The molecule has 0 radical (unpaired) electrons. The van der Waals surface area contributed by atoms with E-state index in [1.807, 2.05) is 42.5 Å². The van der Waals surface area contributed by atoms with Gasteiger partial charge >= 0.3 is 6.03 Å². The van der Waals surface area contributed by atoms with Crippen molar-refractivity contribution >= 4 is 22.6 Å². The number of rotatable bonds is 8. The second-order valence-corrected chi connectivity index (χ2v) is 9.29. The summed E-state index contributed by atoms with van der Waals surface area (Å²) in [4.78, 5) is 19.4. The molecule has 8 nitrogen and oxygen atoms in total. The van der Waals surface area contributed by atoms with Crippen LogP contribution in [0.2, 0.25) is 0 Å². The zero-order valence-corrected chi connectivity index (χ0v) is 21.6. The van der Waals surface area contributed by atoms with Crippen LogP contribution in [0.5, 0.6) is 23.0 Å². The quantitative estimate of drug-likeness (QED) is 0.309. The Bertz CT molecular complexity index is 1370. The monoisotopic (exact) mass is 512 g/mol. The molecular weight excluding hydrogens is 480 g/mol. The van der Waals surface area contributed by atoms with E-state index >= 15 is 0 Å². The van der Waals surface area contributed by atoms with E-state index in [1.54, 1.807) is 26.5 Å². The van der Waals surface area contributed by atoms with Crippen LogP contribution in [-0.4, -0.2) is 49.3 Å². The van der Waals surface area contributed by atoms with Crippen molar-refractivity contribution in [1.29, 1.82) is 0 Å². The SMILES string of the molecule is COc1cc2nccc(Oc3ccc(NC(=O)NC4CCN(Cc5ccccc5)CC4)cc3)c2cc1OC. The molecule has 1 saturated heterocycles. The van der Waals surface area contributed by atoms with Crippen molar-refractivity contribution in [2.45, 2.75) is 25.4 Å². The summed E-state index contributed by atoms with van der Waals surface area (Å²) in [6, 6.07) is 23.2. The van der Waals surface area contributed by atoms with E-state index in [9.17, 15) is 4.79 Å². The molecule has 8 heteroatoms. The van der Waals surface area contributed by atoms with Gasteiger partial charge in [-0.1, -0.05) is 30.3 Å². The predicted molar refractivity (Wildman–Crippen MR) is 148 cm³/mol. The lowest BCUT2D eigenvalue weighted by molar-refractivity contribution is 0.190. The van der Waals surface area contributed by atoms with Gasteiger partial charge in [0.2, 0.25) is 0 Å². The van der Waals surface area contributed by atoms with Gasteiger partial charge < -0.3 is 24.8 Å². The third kappa shape index (κ3) is 6.15. The first kappa shape index (κ1) is 25.4. The number of piperidine rings is 1. The van der Waals surface area contributed by atoms with Crippen molar-refractivity contribution in [2.24, 2.45) is 0 Å². The smallest absolute Gasteiger partial charge is 0.319 e. The number of pyridine rings is 1. The molecular formula is C30H32N4O4. The highest BCUT2D eigenvalue weighted by Gasteiger charge is 2.21. The number of hydrogen-bond donors (Lipinski definition) is 2. The van der Waals surface area contributed by atoms with Crippen molar-refractivity contribution in [1.82, 2.24) is 15.2 Å². The van der Waals surface area contributed by atoms with E-state index < -0.39 is 0 Å². The number of urea groups is 1. The molecule has 0 bridgehead atoms. The number of carbonyl (C=O) groups excluding carboxylic acids is 1. The van der Waals surface area contributed by atoms with Crippen molar-refractivity contribution in [3.63, 3.8) is 0 Å². The van der Waals surface area contributed by atoms with Gasteiger partial charge in [-0.25, -0.2) is 4.79 Å². The van der Waals surface area contributed by atoms with Gasteiger partial charge in [0.05, 0.1) is 19.7 Å². The van der Waals surface area contributed by atoms with Crippen molar-refractivity contribution in [2.75, 3.05) is 32.6 Å². The number of aromatic nitrogens is 1. The van der Waals surface area contributed by atoms with Gasteiger partial charge in [-0.3, -0.25) is 9.88 Å². The van der Waals surface area contributed by atoms with Crippen LogP contribution in [-0.2, 0) is 6.54 Å². The van der Waals surface area contributed by atoms with Crippen molar-refractivity contribution in [3.8, 4) is 23.0 Å². The molecule has 196 valence electrons. The Balaban J connectivity index is 1.14. The number of hydrogen-bond acceptors (Lipinski definition) is 6. The van der Waals surface area contributed by atoms with Crippen LogP contribution >= 0.6 is 0 Å². The maximum Gasteiger partial charge on any atom is 0.319 e. The summed E-state index contributed by atoms with van der Waals surface area (Å²) in [7, 11) is 3.19. The largest absolute Gasteiger partial charge is 0.493 e. The molecule has 0 aliphatic carbocycles. The number of ether oxygens (including phenoxy) is 3. The van der Waals surface area contributed by atoms with Crippen LogP contribution in [0.1, 0.15) is 18.4 Å². The predicted octanol–water partition coefficient (Wildman–Crippen LogP) is 5.83. The second-order valence-electron chi connectivity index (χ2n) is 9.29. The maximum atomic E-state index is 12.6. The lowest BCUT2D eigenvalue weighted by Crippen LogP contribution is -2.45. The average molecular weight is 513 g/mol. The minimum Gasteiger partial charge on any atom is -0.493 e. The summed E-state index contributed by atoms with van der Waals surface area (Å²) in [6.45, 7) is 2.88. The third-order valence-corrected chi connectivity index (χ3v) is 6.72. The van der Waals surface area contributed by atoms with Crippen LogP contribution in [0.3, 0.4) is 0 Å². The molecule has 4 aromatic rings. The molecule has 0 unspecified atom stereocenters. The fourth-order valence-corrected chi connectivity index (χ4v) is 4.70. The Morgan fingerprint density at radius 2 is 1.63 bits per heavy atom. The molecule has 3 aromatic carbocycles. The summed E-state index contributed by atoms with van der Waals surface area (Å²) in [5, 5.41) is 6.85. The third-order valence-electron chi connectivity index (χ3n) is 6.72. The minimum atomic E-state index is -0.193. The lowest BCUT2D eigenvalue weighted by atomic mass is 10.0. The first-order chi connectivity index (χ1) is 18.6. The van der Waals surface area contributed by atoms with Crippen molar-refractivity contribution in [3.05, 3.63) is 84.6 Å². The molecule has 2 amide bonds. The zero-order valence-electron chi connectivity index (χ0n) is 21.6. The lowest BCUT2D eigenvalue weighted by Gasteiger charge is -2.32. The molecule has 0 spiro atoms. The number of anilines is 1. The standard InChI is InChI=1S/C30H32N4O4/c1-36-28-18-25-26(19-29(28)37-2)31-15-12-27(25)38-24-10-8-22(9-11-24)32-30(35)33-23-13-16-34(17-14-23)20-21-6-4-3-5-7-21/h3-12,15,18-19,23H,13-14,16-17,20H2,1-2H3,(H2,32,33,35). The van der Waals surface area contributed by atoms with E-state index in [4.69, 9.17) is 14.2 Å². The number of benzene rings is 3. The summed E-state index contributed by atoms with van der Waals surface area (Å²) in [5.41, 5.74) is 2.75. The van der Waals surface area contributed by atoms with E-state index in [0.29, 0.717) is 28.7 Å². The van der Waals surface area contributed by atoms with E-state index in [0.717, 1.165) is 43.4 Å². The van der Waals surface area contributed by atoms with E-state index in [2.05, 4.69) is 44.8 Å². The van der Waals surface area contributed by atoms with Gasteiger partial charge in [-0.2, -0.15) is 0 Å². The summed E-state index contributed by atoms with van der Waals surface area (Å²) < 4.78 is 16.9. The molecule has 2 N–H and O–H groups in total. The molecule has 1 aromatic heterocycles.